The molecule has 0 atom stereocenters. The van der Waals surface area contributed by atoms with E-state index in [-0.39, 0.29) is 0 Å². The summed E-state index contributed by atoms with van der Waals surface area (Å²) in [4.78, 5) is 28.2. The minimum Gasteiger partial charge on any atom is -0.448 e. The Labute approximate surface area is 197 Å². The van der Waals surface area contributed by atoms with Gasteiger partial charge >= 0.3 is 12.2 Å². The number of hydrogen-bond donors (Lipinski definition) is 2. The van der Waals surface area contributed by atoms with Gasteiger partial charge in [0, 0.05) is 60.7 Å². The molecule has 2 amide bonds. The van der Waals surface area contributed by atoms with Crippen molar-refractivity contribution in [1.82, 2.24) is 9.80 Å². The Bertz CT molecular complexity index is 799. The molecule has 0 bridgehead atoms. The largest absolute Gasteiger partial charge is 0.448 e. The third-order valence-electron chi connectivity index (χ3n) is 4.93. The number of ether oxygens (including phenoxy) is 2. The molecule has 0 unspecified atom stereocenters. The number of nitrogens with zero attached hydrogens (tertiary/aromatic N) is 2. The number of rotatable bonds is 8. The summed E-state index contributed by atoms with van der Waals surface area (Å²) in [6.07, 6.45) is -0.972. The van der Waals surface area contributed by atoms with Gasteiger partial charge in [-0.2, -0.15) is 0 Å². The molecule has 1 aliphatic heterocycles. The minimum atomic E-state index is -0.486. The zero-order valence-corrected chi connectivity index (χ0v) is 19.1. The van der Waals surface area contributed by atoms with Gasteiger partial charge < -0.3 is 9.47 Å². The molecule has 0 radical (unpaired) electrons. The first kappa shape index (κ1) is 24.1. The van der Waals surface area contributed by atoms with Crippen molar-refractivity contribution in [3.63, 3.8) is 0 Å². The summed E-state index contributed by atoms with van der Waals surface area (Å²) < 4.78 is 10.5. The number of amides is 2. The quantitative estimate of drug-likeness (QED) is 0.582. The molecule has 1 saturated heterocycles. The lowest BCUT2D eigenvalue weighted by atomic mass is 10.3. The maximum atomic E-state index is 11.8. The van der Waals surface area contributed by atoms with Crippen LogP contribution in [0.4, 0.5) is 21.0 Å². The molecule has 2 aromatic carbocycles. The van der Waals surface area contributed by atoms with Crippen molar-refractivity contribution in [3.8, 4) is 0 Å². The molecule has 0 aromatic heterocycles. The van der Waals surface area contributed by atoms with E-state index in [0.717, 1.165) is 26.2 Å². The maximum absolute atomic E-state index is 11.8. The van der Waals surface area contributed by atoms with Crippen molar-refractivity contribution in [2.75, 3.05) is 63.1 Å². The summed E-state index contributed by atoms with van der Waals surface area (Å²) in [5, 5.41) is 6.54. The van der Waals surface area contributed by atoms with Crippen LogP contribution >= 0.6 is 23.2 Å². The van der Waals surface area contributed by atoms with E-state index < -0.39 is 12.2 Å². The number of piperazine rings is 1. The smallest absolute Gasteiger partial charge is 0.411 e. The van der Waals surface area contributed by atoms with Gasteiger partial charge in [0.1, 0.15) is 13.2 Å². The van der Waals surface area contributed by atoms with Crippen molar-refractivity contribution >= 4 is 46.8 Å². The minimum absolute atomic E-state index is 0.313. The van der Waals surface area contributed by atoms with Crippen LogP contribution in [0, 0.1) is 0 Å². The SMILES string of the molecule is O=C(Nc1ccc(Cl)cc1)OCCN1CCN(CCOC(=O)Nc2ccc(Cl)cc2)CC1. The number of hydrogen-bond acceptors (Lipinski definition) is 6. The Kier molecular flexibility index (Phi) is 9.43. The molecular weight excluding hydrogens is 455 g/mol. The van der Waals surface area contributed by atoms with Crippen LogP contribution < -0.4 is 10.6 Å². The third kappa shape index (κ3) is 8.55. The van der Waals surface area contributed by atoms with Crippen LogP contribution in [0.2, 0.25) is 10.0 Å². The fraction of sp³-hybridized carbons (Fsp3) is 0.364. The van der Waals surface area contributed by atoms with E-state index in [1.165, 1.54) is 0 Å². The van der Waals surface area contributed by atoms with Gasteiger partial charge in [-0.15, -0.1) is 0 Å². The van der Waals surface area contributed by atoms with Gasteiger partial charge in [0.2, 0.25) is 0 Å². The van der Waals surface area contributed by atoms with Gasteiger partial charge in [0.05, 0.1) is 0 Å². The zero-order chi connectivity index (χ0) is 22.8. The Hall–Kier alpha value is -2.52. The molecule has 32 heavy (non-hydrogen) atoms. The highest BCUT2D eigenvalue weighted by Crippen LogP contribution is 2.14. The van der Waals surface area contributed by atoms with E-state index >= 15 is 0 Å². The number of nitrogens with one attached hydrogen (secondary N) is 2. The number of carbonyl (C=O) groups is 2. The van der Waals surface area contributed by atoms with Crippen molar-refractivity contribution < 1.29 is 19.1 Å². The highest BCUT2D eigenvalue weighted by molar-refractivity contribution is 6.30. The van der Waals surface area contributed by atoms with Gasteiger partial charge in [-0.05, 0) is 48.5 Å². The van der Waals surface area contributed by atoms with E-state index in [9.17, 15) is 9.59 Å². The maximum Gasteiger partial charge on any atom is 0.411 e. The lowest BCUT2D eigenvalue weighted by Gasteiger charge is -2.34. The standard InChI is InChI=1S/C22H26Cl2N4O4/c23-17-1-5-19(6-2-17)25-21(29)31-15-13-27-9-11-28(12-10-27)14-16-32-22(30)26-20-7-3-18(24)4-8-20/h1-8H,9-16H2,(H,25,29)(H,26,30). The first-order valence-electron chi connectivity index (χ1n) is 10.3. The summed E-state index contributed by atoms with van der Waals surface area (Å²) in [5.41, 5.74) is 1.27. The van der Waals surface area contributed by atoms with E-state index in [0.29, 0.717) is 47.7 Å². The molecule has 2 N–H and O–H groups in total. The van der Waals surface area contributed by atoms with Crippen LogP contribution in [0.3, 0.4) is 0 Å². The lowest BCUT2D eigenvalue weighted by molar-refractivity contribution is 0.0849. The summed E-state index contributed by atoms with van der Waals surface area (Å²) in [6.45, 7) is 5.40. The van der Waals surface area contributed by atoms with Gasteiger partial charge in [0.25, 0.3) is 0 Å². The van der Waals surface area contributed by atoms with Crippen LogP contribution in [-0.4, -0.2) is 74.5 Å². The Morgan fingerprint density at radius 1 is 0.688 bits per heavy atom. The molecule has 1 fully saturated rings. The van der Waals surface area contributed by atoms with Crippen LogP contribution in [0.15, 0.2) is 48.5 Å². The van der Waals surface area contributed by atoms with Crippen molar-refractivity contribution in [1.29, 1.82) is 0 Å². The second-order valence-corrected chi connectivity index (χ2v) is 8.09. The Morgan fingerprint density at radius 3 is 1.38 bits per heavy atom. The molecule has 1 aliphatic rings. The predicted molar refractivity (Wildman–Crippen MR) is 126 cm³/mol. The van der Waals surface area contributed by atoms with Crippen molar-refractivity contribution in [2.45, 2.75) is 0 Å². The summed E-state index contributed by atoms with van der Waals surface area (Å²) in [6, 6.07) is 13.7. The summed E-state index contributed by atoms with van der Waals surface area (Å²) >= 11 is 11.6. The average molecular weight is 481 g/mol. The number of halogens is 2. The van der Waals surface area contributed by atoms with Crippen LogP contribution in [-0.2, 0) is 9.47 Å². The predicted octanol–water partition coefficient (Wildman–Crippen LogP) is 4.41. The second-order valence-electron chi connectivity index (χ2n) is 7.22. The number of carbonyl (C=O) groups excluding carboxylic acids is 2. The normalized spacial score (nSPS) is 14.6. The third-order valence-corrected chi connectivity index (χ3v) is 5.43. The molecule has 2 aromatic rings. The Balaban J connectivity index is 1.23. The number of anilines is 2. The summed E-state index contributed by atoms with van der Waals surface area (Å²) in [5.74, 6) is 0. The van der Waals surface area contributed by atoms with Crippen molar-refractivity contribution in [3.05, 3.63) is 58.6 Å². The van der Waals surface area contributed by atoms with E-state index in [4.69, 9.17) is 32.7 Å². The first-order chi connectivity index (χ1) is 15.5. The molecule has 1 heterocycles. The van der Waals surface area contributed by atoms with Gasteiger partial charge in [-0.25, -0.2) is 9.59 Å². The van der Waals surface area contributed by atoms with Crippen LogP contribution in [0.25, 0.3) is 0 Å². The van der Waals surface area contributed by atoms with Gasteiger partial charge in [-0.3, -0.25) is 20.4 Å². The fourth-order valence-corrected chi connectivity index (χ4v) is 3.40. The highest BCUT2D eigenvalue weighted by Gasteiger charge is 2.17. The highest BCUT2D eigenvalue weighted by atomic mass is 35.5. The monoisotopic (exact) mass is 480 g/mol. The first-order valence-corrected chi connectivity index (χ1v) is 11.1. The molecule has 8 nitrogen and oxygen atoms in total. The van der Waals surface area contributed by atoms with E-state index in [1.807, 2.05) is 0 Å². The zero-order valence-electron chi connectivity index (χ0n) is 17.6. The van der Waals surface area contributed by atoms with Crippen LogP contribution in [0.1, 0.15) is 0 Å². The van der Waals surface area contributed by atoms with Gasteiger partial charge in [-0.1, -0.05) is 23.2 Å². The Morgan fingerprint density at radius 2 is 1.03 bits per heavy atom. The molecule has 0 aliphatic carbocycles. The average Bonchev–Trinajstić information content (AvgIpc) is 2.78. The molecule has 10 heteroatoms. The molecule has 172 valence electrons. The molecule has 0 saturated carbocycles. The molecule has 0 spiro atoms. The molecule has 3 rings (SSSR count). The lowest BCUT2D eigenvalue weighted by Crippen LogP contribution is -2.48. The van der Waals surface area contributed by atoms with Gasteiger partial charge in [0.15, 0.2) is 0 Å². The topological polar surface area (TPSA) is 83.1 Å². The summed E-state index contributed by atoms with van der Waals surface area (Å²) in [7, 11) is 0. The second kappa shape index (κ2) is 12.5. The number of benzene rings is 2. The fourth-order valence-electron chi connectivity index (χ4n) is 3.15. The van der Waals surface area contributed by atoms with Crippen molar-refractivity contribution in [2.24, 2.45) is 0 Å². The van der Waals surface area contributed by atoms with E-state index in [1.54, 1.807) is 48.5 Å². The van der Waals surface area contributed by atoms with Crippen LogP contribution in [0.5, 0.6) is 0 Å². The molecular formula is C22H26Cl2N4O4. The van der Waals surface area contributed by atoms with E-state index in [2.05, 4.69) is 20.4 Å².